The SMILES string of the molecule is Cc1ccc(S(=O)(=O)N(CC(=O)N(Cc2ccc(Cl)c(Cl)c2)C(Cc2ccccc2)C(=O)NC(C)(C)C)c2ccc(C)c(C)c2)cc1. The van der Waals surface area contributed by atoms with E-state index < -0.39 is 34.1 Å². The van der Waals surface area contributed by atoms with Crippen molar-refractivity contribution in [2.75, 3.05) is 10.8 Å². The van der Waals surface area contributed by atoms with Gasteiger partial charge < -0.3 is 10.2 Å². The Hall–Kier alpha value is -3.85. The van der Waals surface area contributed by atoms with Gasteiger partial charge in [-0.2, -0.15) is 0 Å². The minimum Gasteiger partial charge on any atom is -0.350 e. The molecule has 0 spiro atoms. The zero-order valence-electron chi connectivity index (χ0n) is 27.6. The fourth-order valence-corrected chi connectivity index (χ4v) is 6.82. The van der Waals surface area contributed by atoms with Crippen molar-refractivity contribution in [2.45, 2.75) is 71.0 Å². The first-order valence-corrected chi connectivity index (χ1v) is 17.5. The Bertz CT molecular complexity index is 1840. The summed E-state index contributed by atoms with van der Waals surface area (Å²) in [5.74, 6) is -0.927. The van der Waals surface area contributed by atoms with Crippen LogP contribution in [0.5, 0.6) is 0 Å². The van der Waals surface area contributed by atoms with E-state index in [1.807, 2.05) is 77.9 Å². The molecule has 1 N–H and O–H groups in total. The van der Waals surface area contributed by atoms with Crippen LogP contribution in [0, 0.1) is 20.8 Å². The van der Waals surface area contributed by atoms with Gasteiger partial charge in [-0.05, 0) is 100 Å². The topological polar surface area (TPSA) is 86.8 Å². The Morgan fingerprint density at radius 2 is 1.45 bits per heavy atom. The first-order chi connectivity index (χ1) is 22.0. The summed E-state index contributed by atoms with van der Waals surface area (Å²) in [6.07, 6.45) is 0.199. The summed E-state index contributed by atoms with van der Waals surface area (Å²) in [5, 5.41) is 3.68. The molecule has 1 unspecified atom stereocenters. The monoisotopic (exact) mass is 693 g/mol. The van der Waals surface area contributed by atoms with Gasteiger partial charge in [0.2, 0.25) is 11.8 Å². The van der Waals surface area contributed by atoms with Crippen LogP contribution in [0.4, 0.5) is 5.69 Å². The molecule has 248 valence electrons. The maximum atomic E-state index is 14.6. The van der Waals surface area contributed by atoms with E-state index in [2.05, 4.69) is 5.32 Å². The van der Waals surface area contributed by atoms with E-state index >= 15 is 0 Å². The summed E-state index contributed by atoms with van der Waals surface area (Å²) in [6, 6.07) is 25.2. The first kappa shape index (κ1) is 36.0. The minimum atomic E-state index is -4.20. The zero-order chi connectivity index (χ0) is 34.5. The standard InChI is InChI=1S/C37H41Cl2N3O4S/c1-25-12-17-31(18-13-25)47(45,46)42(30-16-14-26(2)27(3)20-30)24-35(43)41(23-29-15-19-32(38)33(39)21-29)34(36(44)40-37(4,5)6)22-28-10-8-7-9-11-28/h7-21,34H,22-24H2,1-6H3,(H,40,44). The van der Waals surface area contributed by atoms with Gasteiger partial charge in [0.15, 0.2) is 0 Å². The van der Waals surface area contributed by atoms with E-state index in [0.717, 1.165) is 26.6 Å². The van der Waals surface area contributed by atoms with E-state index in [1.54, 1.807) is 42.5 Å². The lowest BCUT2D eigenvalue weighted by Gasteiger charge is -2.35. The van der Waals surface area contributed by atoms with Crippen molar-refractivity contribution in [3.8, 4) is 0 Å². The molecule has 4 rings (SSSR count). The molecule has 0 fully saturated rings. The van der Waals surface area contributed by atoms with E-state index in [-0.39, 0.29) is 23.8 Å². The molecule has 2 amide bonds. The molecule has 0 aromatic heterocycles. The highest BCUT2D eigenvalue weighted by Gasteiger charge is 2.35. The molecular weight excluding hydrogens is 653 g/mol. The molecule has 10 heteroatoms. The van der Waals surface area contributed by atoms with Crippen molar-refractivity contribution in [2.24, 2.45) is 0 Å². The van der Waals surface area contributed by atoms with Gasteiger partial charge in [0, 0.05) is 18.5 Å². The number of halogens is 2. The normalized spacial score (nSPS) is 12.3. The van der Waals surface area contributed by atoms with Gasteiger partial charge in [-0.25, -0.2) is 8.42 Å². The maximum Gasteiger partial charge on any atom is 0.264 e. The number of rotatable bonds is 11. The fraction of sp³-hybridized carbons (Fsp3) is 0.297. The highest BCUT2D eigenvalue weighted by molar-refractivity contribution is 7.92. The van der Waals surface area contributed by atoms with Gasteiger partial charge >= 0.3 is 0 Å². The van der Waals surface area contributed by atoms with Gasteiger partial charge in [0.05, 0.1) is 20.6 Å². The Morgan fingerprint density at radius 1 is 0.787 bits per heavy atom. The number of anilines is 1. The fourth-order valence-electron chi connectivity index (χ4n) is 5.09. The third kappa shape index (κ3) is 9.37. The predicted octanol–water partition coefficient (Wildman–Crippen LogP) is 7.67. The number of hydrogen-bond donors (Lipinski definition) is 1. The number of amides is 2. The van der Waals surface area contributed by atoms with E-state index in [9.17, 15) is 18.0 Å². The molecule has 0 saturated heterocycles. The summed E-state index contributed by atoms with van der Waals surface area (Å²) < 4.78 is 29.7. The number of nitrogens with one attached hydrogen (secondary N) is 1. The first-order valence-electron chi connectivity index (χ1n) is 15.3. The van der Waals surface area contributed by atoms with Crippen molar-refractivity contribution < 1.29 is 18.0 Å². The Kier molecular flexibility index (Phi) is 11.4. The van der Waals surface area contributed by atoms with Crippen LogP contribution in [0.25, 0.3) is 0 Å². The summed E-state index contributed by atoms with van der Waals surface area (Å²) in [4.78, 5) is 30.2. The molecule has 0 heterocycles. The second kappa shape index (κ2) is 14.9. The molecule has 4 aromatic rings. The summed E-state index contributed by atoms with van der Waals surface area (Å²) in [6.45, 7) is 10.7. The van der Waals surface area contributed by atoms with E-state index in [1.165, 1.54) is 17.0 Å². The number of carbonyl (C=O) groups is 2. The molecule has 7 nitrogen and oxygen atoms in total. The van der Waals surface area contributed by atoms with E-state index in [4.69, 9.17) is 23.2 Å². The lowest BCUT2D eigenvalue weighted by Crippen LogP contribution is -2.56. The predicted molar refractivity (Wildman–Crippen MR) is 190 cm³/mol. The summed E-state index contributed by atoms with van der Waals surface area (Å²) >= 11 is 12.6. The average Bonchev–Trinajstić information content (AvgIpc) is 3.00. The molecule has 0 bridgehead atoms. The van der Waals surface area contributed by atoms with Crippen LogP contribution in [-0.2, 0) is 32.6 Å². The quantitative estimate of drug-likeness (QED) is 0.175. The van der Waals surface area contributed by atoms with Crippen LogP contribution in [-0.4, -0.2) is 43.3 Å². The lowest BCUT2D eigenvalue weighted by atomic mass is 10.0. The Balaban J connectivity index is 1.85. The van der Waals surface area contributed by atoms with Crippen molar-refractivity contribution >= 4 is 50.7 Å². The molecular formula is C37H41Cl2N3O4S. The van der Waals surface area contributed by atoms with Gasteiger partial charge in [0.25, 0.3) is 10.0 Å². The third-order valence-corrected chi connectivity index (χ3v) is 10.3. The van der Waals surface area contributed by atoms with Crippen molar-refractivity contribution in [3.05, 3.63) is 129 Å². The largest absolute Gasteiger partial charge is 0.350 e. The molecule has 0 aliphatic carbocycles. The molecule has 4 aromatic carbocycles. The van der Waals surface area contributed by atoms with Gasteiger partial charge in [0.1, 0.15) is 12.6 Å². The third-order valence-electron chi connectivity index (χ3n) is 7.77. The molecule has 0 saturated carbocycles. The molecule has 0 aliphatic heterocycles. The maximum absolute atomic E-state index is 14.6. The Labute approximate surface area is 288 Å². The van der Waals surface area contributed by atoms with Gasteiger partial charge in [-0.15, -0.1) is 0 Å². The van der Waals surface area contributed by atoms with Crippen LogP contribution in [0.3, 0.4) is 0 Å². The minimum absolute atomic E-state index is 0.0177. The molecule has 1 atom stereocenters. The van der Waals surface area contributed by atoms with E-state index in [0.29, 0.717) is 21.3 Å². The smallest absolute Gasteiger partial charge is 0.264 e. The van der Waals surface area contributed by atoms with Crippen LogP contribution in [0.2, 0.25) is 10.0 Å². The second-order valence-electron chi connectivity index (χ2n) is 12.8. The van der Waals surface area contributed by atoms with Crippen molar-refractivity contribution in [1.82, 2.24) is 10.2 Å². The molecule has 47 heavy (non-hydrogen) atoms. The molecule has 0 aliphatic rings. The van der Waals surface area contributed by atoms with Gasteiger partial charge in [-0.3, -0.25) is 13.9 Å². The number of nitrogens with zero attached hydrogens (tertiary/aromatic N) is 2. The number of aryl methyl sites for hydroxylation is 3. The van der Waals surface area contributed by atoms with Crippen LogP contribution in [0.1, 0.15) is 48.6 Å². The summed E-state index contributed by atoms with van der Waals surface area (Å²) in [5.41, 5.74) is 3.98. The van der Waals surface area contributed by atoms with Crippen molar-refractivity contribution in [1.29, 1.82) is 0 Å². The molecule has 0 radical (unpaired) electrons. The zero-order valence-corrected chi connectivity index (χ0v) is 29.9. The summed E-state index contributed by atoms with van der Waals surface area (Å²) in [7, 11) is -4.20. The number of carbonyl (C=O) groups excluding carboxylic acids is 2. The number of sulfonamides is 1. The highest BCUT2D eigenvalue weighted by Crippen LogP contribution is 2.28. The van der Waals surface area contributed by atoms with Crippen LogP contribution >= 0.6 is 23.2 Å². The number of hydrogen-bond acceptors (Lipinski definition) is 4. The van der Waals surface area contributed by atoms with Crippen LogP contribution < -0.4 is 9.62 Å². The Morgan fingerprint density at radius 3 is 2.04 bits per heavy atom. The van der Waals surface area contributed by atoms with Gasteiger partial charge in [-0.1, -0.05) is 83.4 Å². The average molecular weight is 695 g/mol. The highest BCUT2D eigenvalue weighted by atomic mass is 35.5. The van der Waals surface area contributed by atoms with Crippen LogP contribution in [0.15, 0.2) is 95.9 Å². The van der Waals surface area contributed by atoms with Crippen molar-refractivity contribution in [3.63, 3.8) is 0 Å². The lowest BCUT2D eigenvalue weighted by molar-refractivity contribution is -0.140. The number of benzene rings is 4. The second-order valence-corrected chi connectivity index (χ2v) is 15.5.